The molecule has 0 aromatic heterocycles. The summed E-state index contributed by atoms with van der Waals surface area (Å²) in [5.41, 5.74) is 0. The molecule has 0 bridgehead atoms. The van der Waals surface area contributed by atoms with Crippen LogP contribution >= 0.6 is 34.8 Å². The number of halogens is 6. The fraction of sp³-hybridized carbons (Fsp3) is 0.250. The number of hydrogen-bond donors (Lipinski definition) is 0. The maximum atomic E-state index is 11.6. The topological polar surface area (TPSA) is 17.1 Å². The lowest BCUT2D eigenvalue weighted by molar-refractivity contribution is -0.109. The molecule has 11 heavy (non-hydrogen) atoms. The van der Waals surface area contributed by atoms with Crippen LogP contribution in [0.2, 0.25) is 0 Å². The molecule has 0 aromatic carbocycles. The summed E-state index contributed by atoms with van der Waals surface area (Å²) in [5, 5.41) is -4.37. The lowest BCUT2D eigenvalue weighted by Crippen LogP contribution is -2.10. The van der Waals surface area contributed by atoms with E-state index in [4.69, 9.17) is 11.6 Å². The molecular formula is C4Cl3F3O. The molecule has 0 rings (SSSR count). The van der Waals surface area contributed by atoms with Crippen LogP contribution in [-0.4, -0.2) is 11.4 Å². The molecule has 7 heteroatoms. The fourth-order valence-corrected chi connectivity index (χ4v) is 0.547. The summed E-state index contributed by atoms with van der Waals surface area (Å²) in [5.74, 6) is 0. The molecule has 0 unspecified atom stereocenters. The number of rotatable bonds is 1. The molecule has 0 saturated carbocycles. The highest BCUT2D eigenvalue weighted by molar-refractivity contribution is 6.75. The number of alkyl halides is 3. The van der Waals surface area contributed by atoms with Gasteiger partial charge in [-0.1, -0.05) is 23.2 Å². The van der Waals surface area contributed by atoms with Crippen molar-refractivity contribution in [3.05, 3.63) is 10.1 Å². The van der Waals surface area contributed by atoms with Gasteiger partial charge in [0.05, 0.1) is 0 Å². The molecule has 0 heterocycles. The van der Waals surface area contributed by atoms with E-state index in [0.29, 0.717) is 0 Å². The largest absolute Gasteiger partial charge is 0.428 e. The highest BCUT2D eigenvalue weighted by Crippen LogP contribution is 2.33. The minimum atomic E-state index is -4.83. The number of allylic oxidation sites excluding steroid dienone is 2. The minimum absolute atomic E-state index is 1.22. The summed E-state index contributed by atoms with van der Waals surface area (Å²) in [7, 11) is 0. The van der Waals surface area contributed by atoms with Crippen molar-refractivity contribution in [2.24, 2.45) is 0 Å². The Morgan fingerprint density at radius 2 is 1.45 bits per heavy atom. The number of hydrogen-bond acceptors (Lipinski definition) is 1. The smallest absolute Gasteiger partial charge is 0.275 e. The van der Waals surface area contributed by atoms with Gasteiger partial charge in [0, 0.05) is 0 Å². The van der Waals surface area contributed by atoms with E-state index >= 15 is 0 Å². The van der Waals surface area contributed by atoms with E-state index in [9.17, 15) is 18.0 Å². The summed E-state index contributed by atoms with van der Waals surface area (Å²) >= 11 is 14.0. The van der Waals surface area contributed by atoms with Gasteiger partial charge in [0.15, 0.2) is 0 Å². The van der Waals surface area contributed by atoms with E-state index in [1.165, 1.54) is 0 Å². The predicted molar refractivity (Wildman–Crippen MR) is 35.6 cm³/mol. The molecule has 0 aliphatic heterocycles. The highest BCUT2D eigenvalue weighted by atomic mass is 35.5. The van der Waals surface area contributed by atoms with E-state index in [1.807, 2.05) is 0 Å². The Hall–Kier alpha value is 0.0700. The normalized spacial score (nSPS) is 14.4. The zero-order valence-electron chi connectivity index (χ0n) is 4.68. The van der Waals surface area contributed by atoms with E-state index in [-0.39, 0.29) is 0 Å². The average Bonchev–Trinajstić information content (AvgIpc) is 1.82. The van der Waals surface area contributed by atoms with Gasteiger partial charge >= 0.3 is 6.18 Å². The molecule has 0 fully saturated rings. The molecule has 0 radical (unpaired) electrons. The van der Waals surface area contributed by atoms with Crippen molar-refractivity contribution in [1.29, 1.82) is 0 Å². The van der Waals surface area contributed by atoms with E-state index in [2.05, 4.69) is 23.2 Å². The summed E-state index contributed by atoms with van der Waals surface area (Å²) in [6.07, 6.45) is -4.83. The maximum absolute atomic E-state index is 11.6. The molecule has 0 amide bonds. The van der Waals surface area contributed by atoms with Crippen LogP contribution < -0.4 is 0 Å². The van der Waals surface area contributed by atoms with Crippen LogP contribution in [0.3, 0.4) is 0 Å². The van der Waals surface area contributed by atoms with Gasteiger partial charge in [0.2, 0.25) is 0 Å². The van der Waals surface area contributed by atoms with Crippen LogP contribution in [0.25, 0.3) is 0 Å². The second kappa shape index (κ2) is 3.65. The Balaban J connectivity index is 4.82. The number of carbonyl (C=O) groups excluding carboxylic acids is 1. The molecule has 0 atom stereocenters. The molecule has 64 valence electrons. The van der Waals surface area contributed by atoms with Gasteiger partial charge < -0.3 is 0 Å². The molecule has 0 N–H and O–H groups in total. The minimum Gasteiger partial charge on any atom is -0.275 e. The average molecular weight is 227 g/mol. The van der Waals surface area contributed by atoms with Gasteiger partial charge in [-0.05, 0) is 11.6 Å². The van der Waals surface area contributed by atoms with Gasteiger partial charge in [-0.3, -0.25) is 4.79 Å². The molecule has 0 spiro atoms. The first-order valence-corrected chi connectivity index (χ1v) is 3.22. The van der Waals surface area contributed by atoms with Crippen molar-refractivity contribution in [3.8, 4) is 0 Å². The van der Waals surface area contributed by atoms with E-state index in [0.717, 1.165) is 0 Å². The van der Waals surface area contributed by atoms with Gasteiger partial charge in [-0.25, -0.2) is 0 Å². The van der Waals surface area contributed by atoms with Crippen LogP contribution in [0.1, 0.15) is 0 Å². The lowest BCUT2D eigenvalue weighted by atomic mass is 10.5. The Kier molecular flexibility index (Phi) is 3.67. The lowest BCUT2D eigenvalue weighted by Gasteiger charge is -2.03. The Morgan fingerprint density at radius 1 is 1.09 bits per heavy atom. The molecule has 0 aliphatic rings. The Morgan fingerprint density at radius 3 is 1.55 bits per heavy atom. The van der Waals surface area contributed by atoms with Crippen LogP contribution in [-0.2, 0) is 4.79 Å². The third kappa shape index (κ3) is 3.31. The third-order valence-corrected chi connectivity index (χ3v) is 1.76. The van der Waals surface area contributed by atoms with Crippen LogP contribution in [0.4, 0.5) is 13.2 Å². The maximum Gasteiger partial charge on any atom is 0.428 e. The molecule has 1 nitrogen and oxygen atoms in total. The first-order chi connectivity index (χ1) is 4.76. The van der Waals surface area contributed by atoms with Crippen LogP contribution in [0.5, 0.6) is 0 Å². The van der Waals surface area contributed by atoms with Crippen LogP contribution in [0.15, 0.2) is 10.1 Å². The molecule has 0 saturated heterocycles. The van der Waals surface area contributed by atoms with Crippen molar-refractivity contribution in [2.45, 2.75) is 6.18 Å². The fourth-order valence-electron chi connectivity index (χ4n) is 0.211. The quantitative estimate of drug-likeness (QED) is 0.497. The standard InChI is InChI=1S/C4Cl3F3O/c5-1(3(7)11)2(6)4(8,9)10. The zero-order chi connectivity index (χ0) is 9.23. The second-order valence-corrected chi connectivity index (χ2v) is 2.50. The van der Waals surface area contributed by atoms with E-state index in [1.54, 1.807) is 0 Å². The summed E-state index contributed by atoms with van der Waals surface area (Å²) in [4.78, 5) is 10.0. The van der Waals surface area contributed by atoms with Crippen molar-refractivity contribution in [3.63, 3.8) is 0 Å². The zero-order valence-corrected chi connectivity index (χ0v) is 6.94. The Bertz CT molecular complexity index is 207. The first kappa shape index (κ1) is 11.1. The molecule has 0 aromatic rings. The first-order valence-electron chi connectivity index (χ1n) is 2.09. The van der Waals surface area contributed by atoms with Gasteiger partial charge in [0.25, 0.3) is 5.24 Å². The molecular weight excluding hydrogens is 227 g/mol. The van der Waals surface area contributed by atoms with Crippen molar-refractivity contribution in [1.82, 2.24) is 0 Å². The van der Waals surface area contributed by atoms with Crippen molar-refractivity contribution < 1.29 is 18.0 Å². The van der Waals surface area contributed by atoms with E-state index < -0.39 is 21.5 Å². The summed E-state index contributed by atoms with van der Waals surface area (Å²) < 4.78 is 34.7. The predicted octanol–water partition coefficient (Wildman–Crippen LogP) is 3.00. The summed E-state index contributed by atoms with van der Waals surface area (Å²) in [6.45, 7) is 0. The SMILES string of the molecule is O=C(Cl)C(Cl)=C(Cl)C(F)(F)F. The highest BCUT2D eigenvalue weighted by Gasteiger charge is 2.36. The monoisotopic (exact) mass is 226 g/mol. The van der Waals surface area contributed by atoms with Crippen molar-refractivity contribution >= 4 is 40.0 Å². The van der Waals surface area contributed by atoms with Crippen LogP contribution in [0, 0.1) is 0 Å². The summed E-state index contributed by atoms with van der Waals surface area (Å²) in [6, 6.07) is 0. The second-order valence-electron chi connectivity index (χ2n) is 1.40. The Labute approximate surface area is 74.7 Å². The van der Waals surface area contributed by atoms with Gasteiger partial charge in [-0.15, -0.1) is 0 Å². The number of carbonyl (C=O) groups is 1. The van der Waals surface area contributed by atoms with Crippen molar-refractivity contribution in [2.75, 3.05) is 0 Å². The third-order valence-electron chi connectivity index (χ3n) is 0.614. The molecule has 0 aliphatic carbocycles. The van der Waals surface area contributed by atoms with Gasteiger partial charge in [0.1, 0.15) is 10.1 Å². The van der Waals surface area contributed by atoms with Gasteiger partial charge in [-0.2, -0.15) is 13.2 Å².